The molecule has 1 saturated carbocycles. The molecular formula is C18H23ClN4. The van der Waals surface area contributed by atoms with Crippen LogP contribution in [0.5, 0.6) is 0 Å². The summed E-state index contributed by atoms with van der Waals surface area (Å²) in [5.74, 6) is 1.71. The Hall–Kier alpha value is -1.81. The second kappa shape index (κ2) is 8.16. The number of nitrogens with one attached hydrogen (secondary N) is 2. The van der Waals surface area contributed by atoms with Gasteiger partial charge in [0.05, 0.1) is 0 Å². The Morgan fingerprint density at radius 2 is 1.74 bits per heavy atom. The molecule has 1 heterocycles. The molecular weight excluding hydrogens is 308 g/mol. The minimum atomic E-state index is 0.531. The predicted molar refractivity (Wildman–Crippen MR) is 95.9 cm³/mol. The number of benzene rings is 1. The Balaban J connectivity index is 1.59. The van der Waals surface area contributed by atoms with Crippen molar-refractivity contribution in [2.75, 3.05) is 10.6 Å². The van der Waals surface area contributed by atoms with Crippen LogP contribution in [0, 0.1) is 0 Å². The van der Waals surface area contributed by atoms with Gasteiger partial charge in [0.1, 0.15) is 18.0 Å². The molecule has 1 fully saturated rings. The van der Waals surface area contributed by atoms with Crippen molar-refractivity contribution in [2.24, 2.45) is 0 Å². The molecule has 1 aromatic heterocycles. The van der Waals surface area contributed by atoms with Crippen LogP contribution in [-0.4, -0.2) is 16.0 Å². The second-order valence-electron chi connectivity index (χ2n) is 6.07. The van der Waals surface area contributed by atoms with Crippen molar-refractivity contribution in [1.82, 2.24) is 9.97 Å². The van der Waals surface area contributed by atoms with Gasteiger partial charge in [-0.2, -0.15) is 0 Å². The van der Waals surface area contributed by atoms with Crippen molar-refractivity contribution in [3.8, 4) is 0 Å². The molecule has 3 rings (SSSR count). The van der Waals surface area contributed by atoms with Crippen LogP contribution in [0.3, 0.4) is 0 Å². The molecule has 0 unspecified atom stereocenters. The van der Waals surface area contributed by atoms with E-state index in [1.807, 2.05) is 30.3 Å². The van der Waals surface area contributed by atoms with Crippen LogP contribution in [0.1, 0.15) is 44.1 Å². The molecule has 1 aliphatic rings. The molecule has 0 aliphatic heterocycles. The van der Waals surface area contributed by atoms with Gasteiger partial charge in [-0.15, -0.1) is 0 Å². The van der Waals surface area contributed by atoms with Gasteiger partial charge in [-0.25, -0.2) is 9.97 Å². The molecule has 2 N–H and O–H groups in total. The monoisotopic (exact) mass is 330 g/mol. The maximum Gasteiger partial charge on any atom is 0.131 e. The average molecular weight is 331 g/mol. The molecule has 1 aromatic carbocycles. The number of anilines is 2. The van der Waals surface area contributed by atoms with Gasteiger partial charge in [-0.3, -0.25) is 0 Å². The Morgan fingerprint density at radius 1 is 1.00 bits per heavy atom. The zero-order valence-corrected chi connectivity index (χ0v) is 14.0. The van der Waals surface area contributed by atoms with E-state index in [0.29, 0.717) is 12.6 Å². The van der Waals surface area contributed by atoms with E-state index in [1.54, 1.807) is 6.33 Å². The van der Waals surface area contributed by atoms with Gasteiger partial charge in [0.2, 0.25) is 0 Å². The summed E-state index contributed by atoms with van der Waals surface area (Å²) < 4.78 is 0. The third-order valence-corrected chi connectivity index (χ3v) is 4.66. The van der Waals surface area contributed by atoms with Gasteiger partial charge >= 0.3 is 0 Å². The molecule has 1 aliphatic carbocycles. The van der Waals surface area contributed by atoms with Crippen molar-refractivity contribution in [1.29, 1.82) is 0 Å². The molecule has 0 spiro atoms. The molecule has 0 amide bonds. The van der Waals surface area contributed by atoms with Crippen LogP contribution in [0.2, 0.25) is 5.02 Å². The number of halogens is 1. The fourth-order valence-corrected chi connectivity index (χ4v) is 3.20. The average Bonchev–Trinajstić information content (AvgIpc) is 2.83. The molecule has 2 aromatic rings. The Bertz CT molecular complexity index is 624. The third-order valence-electron chi connectivity index (χ3n) is 4.29. The second-order valence-corrected chi connectivity index (χ2v) is 6.47. The lowest BCUT2D eigenvalue weighted by atomic mass is 10.1. The van der Waals surface area contributed by atoms with Crippen molar-refractivity contribution in [3.05, 3.63) is 47.2 Å². The Kier molecular flexibility index (Phi) is 5.70. The summed E-state index contributed by atoms with van der Waals surface area (Å²) in [5, 5.41) is 7.64. The maximum atomic E-state index is 6.18. The maximum absolute atomic E-state index is 6.18. The first-order valence-electron chi connectivity index (χ1n) is 8.37. The summed E-state index contributed by atoms with van der Waals surface area (Å²) in [7, 11) is 0. The zero-order chi connectivity index (χ0) is 15.9. The SMILES string of the molecule is Clc1ccccc1CNc1cc(NC2CCCCCC2)ncn1. The van der Waals surface area contributed by atoms with Crippen molar-refractivity contribution in [2.45, 2.75) is 51.1 Å². The number of rotatable bonds is 5. The van der Waals surface area contributed by atoms with Crippen molar-refractivity contribution < 1.29 is 0 Å². The number of aromatic nitrogens is 2. The topological polar surface area (TPSA) is 49.8 Å². The molecule has 0 radical (unpaired) electrons. The van der Waals surface area contributed by atoms with Crippen LogP contribution >= 0.6 is 11.6 Å². The van der Waals surface area contributed by atoms with E-state index < -0.39 is 0 Å². The summed E-state index contributed by atoms with van der Waals surface area (Å²) in [6.07, 6.45) is 9.38. The van der Waals surface area contributed by atoms with E-state index in [0.717, 1.165) is 22.2 Å². The summed E-state index contributed by atoms with van der Waals surface area (Å²) in [6.45, 7) is 0.652. The first-order chi connectivity index (χ1) is 11.3. The molecule has 5 heteroatoms. The van der Waals surface area contributed by atoms with Crippen molar-refractivity contribution >= 4 is 23.2 Å². The van der Waals surface area contributed by atoms with Gasteiger partial charge in [0.15, 0.2) is 0 Å². The largest absolute Gasteiger partial charge is 0.367 e. The quantitative estimate of drug-likeness (QED) is 0.767. The van der Waals surface area contributed by atoms with Crippen LogP contribution in [0.4, 0.5) is 11.6 Å². The van der Waals surface area contributed by atoms with Gasteiger partial charge in [0.25, 0.3) is 0 Å². The summed E-state index contributed by atoms with van der Waals surface area (Å²) in [6, 6.07) is 10.3. The third kappa shape index (κ3) is 4.83. The van der Waals surface area contributed by atoms with Crippen LogP contribution in [0.15, 0.2) is 36.7 Å². The highest BCUT2D eigenvalue weighted by molar-refractivity contribution is 6.31. The van der Waals surface area contributed by atoms with Crippen LogP contribution < -0.4 is 10.6 Å². The number of nitrogens with zero attached hydrogens (tertiary/aromatic N) is 2. The Morgan fingerprint density at radius 3 is 2.52 bits per heavy atom. The summed E-state index contributed by atoms with van der Waals surface area (Å²) >= 11 is 6.18. The lowest BCUT2D eigenvalue weighted by Crippen LogP contribution is -2.19. The first kappa shape index (κ1) is 16.1. The first-order valence-corrected chi connectivity index (χ1v) is 8.75. The molecule has 0 bridgehead atoms. The van der Waals surface area contributed by atoms with E-state index in [-0.39, 0.29) is 0 Å². The van der Waals surface area contributed by atoms with Gasteiger partial charge in [-0.05, 0) is 24.5 Å². The van der Waals surface area contributed by atoms with Crippen LogP contribution in [-0.2, 0) is 6.54 Å². The smallest absolute Gasteiger partial charge is 0.131 e. The molecule has 0 saturated heterocycles. The highest BCUT2D eigenvalue weighted by Gasteiger charge is 2.12. The van der Waals surface area contributed by atoms with E-state index in [9.17, 15) is 0 Å². The Labute approximate surface area is 142 Å². The van der Waals surface area contributed by atoms with E-state index >= 15 is 0 Å². The highest BCUT2D eigenvalue weighted by atomic mass is 35.5. The van der Waals surface area contributed by atoms with Gasteiger partial charge in [0, 0.05) is 23.7 Å². The van der Waals surface area contributed by atoms with Gasteiger partial charge in [-0.1, -0.05) is 55.5 Å². The predicted octanol–water partition coefficient (Wildman–Crippen LogP) is 4.88. The lowest BCUT2D eigenvalue weighted by molar-refractivity contribution is 0.617. The minimum absolute atomic E-state index is 0.531. The fourth-order valence-electron chi connectivity index (χ4n) is 2.99. The fraction of sp³-hybridized carbons (Fsp3) is 0.444. The molecule has 122 valence electrons. The molecule has 23 heavy (non-hydrogen) atoms. The summed E-state index contributed by atoms with van der Waals surface area (Å²) in [5.41, 5.74) is 1.06. The van der Waals surface area contributed by atoms with E-state index in [4.69, 9.17) is 11.6 Å². The normalized spacial score (nSPS) is 15.9. The van der Waals surface area contributed by atoms with Gasteiger partial charge < -0.3 is 10.6 Å². The standard InChI is InChI=1S/C18H23ClN4/c19-16-10-6-5-7-14(16)12-20-17-11-18(22-13-21-17)23-15-8-3-1-2-4-9-15/h5-7,10-11,13,15H,1-4,8-9,12H2,(H2,20,21,22,23). The molecule has 4 nitrogen and oxygen atoms in total. The zero-order valence-electron chi connectivity index (χ0n) is 13.3. The highest BCUT2D eigenvalue weighted by Crippen LogP contribution is 2.21. The van der Waals surface area contributed by atoms with E-state index in [1.165, 1.54) is 38.5 Å². The van der Waals surface area contributed by atoms with Crippen LogP contribution in [0.25, 0.3) is 0 Å². The van der Waals surface area contributed by atoms with Crippen molar-refractivity contribution in [3.63, 3.8) is 0 Å². The number of hydrogen-bond acceptors (Lipinski definition) is 4. The minimum Gasteiger partial charge on any atom is -0.367 e. The lowest BCUT2D eigenvalue weighted by Gasteiger charge is -2.17. The van der Waals surface area contributed by atoms with E-state index in [2.05, 4.69) is 20.6 Å². The molecule has 0 atom stereocenters. The number of hydrogen-bond donors (Lipinski definition) is 2. The summed E-state index contributed by atoms with van der Waals surface area (Å²) in [4.78, 5) is 8.64.